The molecule has 122 valence electrons. The van der Waals surface area contributed by atoms with E-state index in [4.69, 9.17) is 0 Å². The topological polar surface area (TPSA) is 52.6 Å². The minimum absolute atomic E-state index is 0.207. The number of nitrogens with one attached hydrogen (secondary N) is 1. The Morgan fingerprint density at radius 2 is 1.95 bits per heavy atom. The molecule has 0 bridgehead atoms. The number of likely N-dealkylation sites (tertiary alicyclic amines) is 1. The van der Waals surface area contributed by atoms with Crippen molar-refractivity contribution in [2.75, 3.05) is 26.2 Å². The van der Waals surface area contributed by atoms with Crippen molar-refractivity contribution in [3.8, 4) is 0 Å². The van der Waals surface area contributed by atoms with E-state index in [2.05, 4.69) is 12.2 Å². The van der Waals surface area contributed by atoms with Gasteiger partial charge in [-0.25, -0.2) is 8.78 Å². The van der Waals surface area contributed by atoms with Gasteiger partial charge in [0.1, 0.15) is 17.7 Å². The van der Waals surface area contributed by atoms with E-state index in [0.717, 1.165) is 38.1 Å². The highest BCUT2D eigenvalue weighted by atomic mass is 19.1. The summed E-state index contributed by atoms with van der Waals surface area (Å²) in [5.41, 5.74) is -0.408. The SMILES string of the molecule is CC1CCN(CC(=O)NCC(O)c2c(F)cccc2F)CC1. The Hall–Kier alpha value is -1.53. The number of hydrogen-bond donors (Lipinski definition) is 2. The van der Waals surface area contributed by atoms with Crippen LogP contribution in [0.4, 0.5) is 8.78 Å². The van der Waals surface area contributed by atoms with Gasteiger partial charge in [0.15, 0.2) is 0 Å². The number of benzene rings is 1. The van der Waals surface area contributed by atoms with Gasteiger partial charge in [-0.2, -0.15) is 0 Å². The van der Waals surface area contributed by atoms with Crippen LogP contribution < -0.4 is 5.32 Å². The van der Waals surface area contributed by atoms with E-state index >= 15 is 0 Å². The van der Waals surface area contributed by atoms with Crippen LogP contribution in [-0.2, 0) is 4.79 Å². The van der Waals surface area contributed by atoms with Gasteiger partial charge < -0.3 is 10.4 Å². The Balaban J connectivity index is 1.81. The van der Waals surface area contributed by atoms with Crippen LogP contribution in [0, 0.1) is 17.6 Å². The third kappa shape index (κ3) is 4.48. The van der Waals surface area contributed by atoms with Crippen molar-refractivity contribution >= 4 is 5.91 Å². The van der Waals surface area contributed by atoms with E-state index in [1.807, 2.05) is 4.90 Å². The molecule has 1 atom stereocenters. The number of amides is 1. The highest BCUT2D eigenvalue weighted by Crippen LogP contribution is 2.20. The molecule has 0 radical (unpaired) electrons. The molecule has 0 spiro atoms. The molecule has 1 amide bonds. The van der Waals surface area contributed by atoms with Gasteiger partial charge in [0, 0.05) is 6.54 Å². The third-order valence-corrected chi connectivity index (χ3v) is 4.07. The minimum atomic E-state index is -1.40. The Morgan fingerprint density at radius 3 is 2.55 bits per heavy atom. The van der Waals surface area contributed by atoms with Crippen LogP contribution in [0.1, 0.15) is 31.4 Å². The summed E-state index contributed by atoms with van der Waals surface area (Å²) in [6.45, 7) is 3.98. The van der Waals surface area contributed by atoms with Gasteiger partial charge in [-0.3, -0.25) is 9.69 Å². The van der Waals surface area contributed by atoms with Gasteiger partial charge in [-0.05, 0) is 44.0 Å². The highest BCUT2D eigenvalue weighted by molar-refractivity contribution is 5.78. The molecule has 1 aliphatic rings. The highest BCUT2D eigenvalue weighted by Gasteiger charge is 2.20. The first kappa shape index (κ1) is 16.8. The van der Waals surface area contributed by atoms with E-state index in [9.17, 15) is 18.7 Å². The number of rotatable bonds is 5. The molecule has 1 aliphatic heterocycles. The Morgan fingerprint density at radius 1 is 1.36 bits per heavy atom. The first-order chi connectivity index (χ1) is 10.5. The smallest absolute Gasteiger partial charge is 0.234 e. The molecule has 1 heterocycles. The lowest BCUT2D eigenvalue weighted by atomic mass is 9.99. The summed E-state index contributed by atoms with van der Waals surface area (Å²) < 4.78 is 27.0. The van der Waals surface area contributed by atoms with Crippen molar-refractivity contribution in [1.29, 1.82) is 0 Å². The van der Waals surface area contributed by atoms with Gasteiger partial charge in [0.05, 0.1) is 12.1 Å². The average molecular weight is 312 g/mol. The molecule has 1 fully saturated rings. The molecule has 1 saturated heterocycles. The molecule has 0 aromatic heterocycles. The zero-order valence-corrected chi connectivity index (χ0v) is 12.7. The first-order valence-corrected chi connectivity index (χ1v) is 7.58. The van der Waals surface area contributed by atoms with Gasteiger partial charge in [-0.15, -0.1) is 0 Å². The van der Waals surface area contributed by atoms with Crippen LogP contribution in [-0.4, -0.2) is 42.1 Å². The molecule has 4 nitrogen and oxygen atoms in total. The molecular weight excluding hydrogens is 290 g/mol. The van der Waals surface area contributed by atoms with E-state index in [0.29, 0.717) is 5.92 Å². The molecule has 0 saturated carbocycles. The maximum atomic E-state index is 13.5. The molecule has 1 unspecified atom stereocenters. The summed E-state index contributed by atoms with van der Waals surface area (Å²) in [6, 6.07) is 3.40. The van der Waals surface area contributed by atoms with E-state index < -0.39 is 23.3 Å². The number of carbonyl (C=O) groups excluding carboxylic acids is 1. The van der Waals surface area contributed by atoms with Crippen LogP contribution >= 0.6 is 0 Å². The summed E-state index contributed by atoms with van der Waals surface area (Å²) in [5, 5.41) is 12.4. The average Bonchev–Trinajstić information content (AvgIpc) is 2.47. The number of aliphatic hydroxyl groups excluding tert-OH is 1. The number of halogens is 2. The van der Waals surface area contributed by atoms with Gasteiger partial charge in [0.25, 0.3) is 0 Å². The number of nitrogens with zero attached hydrogens (tertiary/aromatic N) is 1. The van der Waals surface area contributed by atoms with Crippen molar-refractivity contribution in [2.45, 2.75) is 25.9 Å². The molecule has 2 N–H and O–H groups in total. The predicted octanol–water partition coefficient (Wildman–Crippen LogP) is 1.85. The number of carbonyl (C=O) groups is 1. The molecule has 22 heavy (non-hydrogen) atoms. The monoisotopic (exact) mass is 312 g/mol. The predicted molar refractivity (Wildman–Crippen MR) is 79.2 cm³/mol. The zero-order chi connectivity index (χ0) is 16.1. The molecule has 1 aromatic rings. The zero-order valence-electron chi connectivity index (χ0n) is 12.7. The Kier molecular flexibility index (Phi) is 5.85. The van der Waals surface area contributed by atoms with Crippen molar-refractivity contribution in [2.24, 2.45) is 5.92 Å². The second-order valence-corrected chi connectivity index (χ2v) is 5.91. The van der Waals surface area contributed by atoms with Crippen molar-refractivity contribution in [3.05, 3.63) is 35.4 Å². The Labute approximate surface area is 129 Å². The van der Waals surface area contributed by atoms with Crippen LogP contribution in [0.25, 0.3) is 0 Å². The fourth-order valence-corrected chi connectivity index (χ4v) is 2.62. The van der Waals surface area contributed by atoms with Crippen LogP contribution in [0.5, 0.6) is 0 Å². The summed E-state index contributed by atoms with van der Waals surface area (Å²) in [5.74, 6) is -1.19. The van der Waals surface area contributed by atoms with Crippen LogP contribution in [0.3, 0.4) is 0 Å². The van der Waals surface area contributed by atoms with Crippen molar-refractivity contribution < 1.29 is 18.7 Å². The summed E-state index contributed by atoms with van der Waals surface area (Å²) >= 11 is 0. The lowest BCUT2D eigenvalue weighted by Crippen LogP contribution is -2.42. The lowest BCUT2D eigenvalue weighted by molar-refractivity contribution is -0.123. The summed E-state index contributed by atoms with van der Waals surface area (Å²) in [7, 11) is 0. The molecule has 0 aliphatic carbocycles. The van der Waals surface area contributed by atoms with E-state index in [-0.39, 0.29) is 19.0 Å². The maximum Gasteiger partial charge on any atom is 0.234 e. The van der Waals surface area contributed by atoms with Crippen LogP contribution in [0.2, 0.25) is 0 Å². The molecule has 6 heteroatoms. The first-order valence-electron chi connectivity index (χ1n) is 7.58. The standard InChI is InChI=1S/C16H22F2N2O2/c1-11-5-7-20(8-6-11)10-15(22)19-9-14(21)16-12(17)3-2-4-13(16)18/h2-4,11,14,21H,5-10H2,1H3,(H,19,22). The molecule has 2 rings (SSSR count). The second kappa shape index (κ2) is 7.65. The fourth-order valence-electron chi connectivity index (χ4n) is 2.62. The Bertz CT molecular complexity index is 497. The van der Waals surface area contributed by atoms with Gasteiger partial charge in [-0.1, -0.05) is 13.0 Å². The normalized spacial score (nSPS) is 18.2. The van der Waals surface area contributed by atoms with Gasteiger partial charge in [0.2, 0.25) is 5.91 Å². The molecule has 1 aromatic carbocycles. The summed E-state index contributed by atoms with van der Waals surface area (Å²) in [6.07, 6.45) is 0.735. The second-order valence-electron chi connectivity index (χ2n) is 5.91. The maximum absolute atomic E-state index is 13.5. The van der Waals surface area contributed by atoms with Crippen molar-refractivity contribution in [1.82, 2.24) is 10.2 Å². The number of piperidine rings is 1. The minimum Gasteiger partial charge on any atom is -0.386 e. The van der Waals surface area contributed by atoms with E-state index in [1.165, 1.54) is 6.07 Å². The summed E-state index contributed by atoms with van der Waals surface area (Å²) in [4.78, 5) is 13.9. The lowest BCUT2D eigenvalue weighted by Gasteiger charge is -2.29. The number of hydrogen-bond acceptors (Lipinski definition) is 3. The third-order valence-electron chi connectivity index (χ3n) is 4.07. The quantitative estimate of drug-likeness (QED) is 0.872. The largest absolute Gasteiger partial charge is 0.386 e. The molecular formula is C16H22F2N2O2. The van der Waals surface area contributed by atoms with E-state index in [1.54, 1.807) is 0 Å². The van der Waals surface area contributed by atoms with Crippen LogP contribution in [0.15, 0.2) is 18.2 Å². The number of aliphatic hydroxyl groups is 1. The van der Waals surface area contributed by atoms with Crippen molar-refractivity contribution in [3.63, 3.8) is 0 Å². The van der Waals surface area contributed by atoms with Gasteiger partial charge >= 0.3 is 0 Å². The fraction of sp³-hybridized carbons (Fsp3) is 0.562.